The molecule has 3 aromatic rings. The Morgan fingerprint density at radius 3 is 2.72 bits per heavy atom. The van der Waals surface area contributed by atoms with E-state index in [1.54, 1.807) is 0 Å². The normalized spacial score (nSPS) is 19.1. The zero-order valence-electron chi connectivity index (χ0n) is 24.1. The fraction of sp³-hybridized carbons (Fsp3) is 0.438. The quantitative estimate of drug-likeness (QED) is 0.245. The van der Waals surface area contributed by atoms with E-state index in [2.05, 4.69) is 39.4 Å². The van der Waals surface area contributed by atoms with Crippen LogP contribution in [0.3, 0.4) is 0 Å². The monoisotopic (exact) mass is 604 g/mol. The summed E-state index contributed by atoms with van der Waals surface area (Å²) in [6, 6.07) is 11.9. The molecule has 1 saturated carbocycles. The topological polar surface area (TPSA) is 75.4 Å². The van der Waals surface area contributed by atoms with Crippen molar-refractivity contribution in [2.24, 2.45) is 0 Å². The largest absolute Gasteiger partial charge is 0.458 e. The Bertz CT molecular complexity index is 1590. The highest BCUT2D eigenvalue weighted by Gasteiger charge is 2.36. The van der Waals surface area contributed by atoms with E-state index in [1.807, 2.05) is 25.1 Å². The lowest BCUT2D eigenvalue weighted by Gasteiger charge is -2.41. The van der Waals surface area contributed by atoms with Crippen LogP contribution in [0.2, 0.25) is 5.02 Å². The molecule has 1 aromatic heterocycles. The molecule has 11 heteroatoms. The van der Waals surface area contributed by atoms with Gasteiger partial charge in [-0.2, -0.15) is 9.97 Å². The van der Waals surface area contributed by atoms with Gasteiger partial charge in [-0.25, -0.2) is 11.0 Å². The molecule has 0 bridgehead atoms. The van der Waals surface area contributed by atoms with E-state index in [0.717, 1.165) is 52.9 Å². The van der Waals surface area contributed by atoms with Crippen molar-refractivity contribution < 1.29 is 18.7 Å². The van der Waals surface area contributed by atoms with Crippen LogP contribution < -0.4 is 14.5 Å². The molecule has 3 heterocycles. The van der Waals surface area contributed by atoms with Gasteiger partial charge >= 0.3 is 6.01 Å². The zero-order chi connectivity index (χ0) is 30.1. The molecule has 2 aliphatic heterocycles. The molecule has 0 spiro atoms. The van der Waals surface area contributed by atoms with E-state index < -0.39 is 17.8 Å². The Hall–Kier alpha value is -3.94. The van der Waals surface area contributed by atoms with E-state index >= 15 is 0 Å². The summed E-state index contributed by atoms with van der Waals surface area (Å²) in [4.78, 5) is 31.5. The second kappa shape index (κ2) is 12.3. The smallest absolute Gasteiger partial charge is 0.319 e. The van der Waals surface area contributed by atoms with Crippen molar-refractivity contribution >= 4 is 39.8 Å². The number of fused-ring (bicyclic) bond motifs is 2. The number of piperazine rings is 1. The summed E-state index contributed by atoms with van der Waals surface area (Å²) < 4.78 is 25.8. The molecule has 224 valence electrons. The third-order valence-corrected chi connectivity index (χ3v) is 8.49. The van der Waals surface area contributed by atoms with Crippen LogP contribution in [0, 0.1) is 6.57 Å². The number of carbonyl (C=O) groups excluding carboxylic acids is 1. The first-order valence-corrected chi connectivity index (χ1v) is 15.0. The van der Waals surface area contributed by atoms with Crippen molar-refractivity contribution in [3.63, 3.8) is 0 Å². The van der Waals surface area contributed by atoms with Gasteiger partial charge in [-0.05, 0) is 43.7 Å². The molecule has 1 aliphatic carbocycles. The molecule has 2 fully saturated rings. The predicted octanol–water partition coefficient (Wildman–Crippen LogP) is 5.21. The number of halogens is 2. The van der Waals surface area contributed by atoms with Crippen molar-refractivity contribution in [2.75, 3.05) is 49.1 Å². The third kappa shape index (κ3) is 6.24. The summed E-state index contributed by atoms with van der Waals surface area (Å²) in [7, 11) is 0. The van der Waals surface area contributed by atoms with Crippen LogP contribution in [0.15, 0.2) is 48.8 Å². The van der Waals surface area contributed by atoms with Crippen LogP contribution in [0.1, 0.15) is 31.0 Å². The fourth-order valence-electron chi connectivity index (χ4n) is 5.90. The fourth-order valence-corrected chi connectivity index (χ4v) is 6.18. The van der Waals surface area contributed by atoms with Crippen LogP contribution >= 0.6 is 11.6 Å². The summed E-state index contributed by atoms with van der Waals surface area (Å²) in [5.74, 6) is -1.06. The molecule has 3 aliphatic rings. The first-order chi connectivity index (χ1) is 20.8. The number of benzene rings is 2. The van der Waals surface area contributed by atoms with Crippen molar-refractivity contribution in [1.29, 1.82) is 0 Å². The maximum absolute atomic E-state index is 13.8. The lowest BCUT2D eigenvalue weighted by atomic mass is 10.0. The average Bonchev–Trinajstić information content (AvgIpc) is 3.84. The van der Waals surface area contributed by atoms with Gasteiger partial charge in [0.2, 0.25) is 6.54 Å². The van der Waals surface area contributed by atoms with Gasteiger partial charge < -0.3 is 29.0 Å². The Balaban J connectivity index is 1.33. The van der Waals surface area contributed by atoms with E-state index in [0.29, 0.717) is 43.8 Å². The summed E-state index contributed by atoms with van der Waals surface area (Å²) in [6.45, 7) is 15.3. The molecule has 0 N–H and O–H groups in total. The summed E-state index contributed by atoms with van der Waals surface area (Å²) >= 11 is 6.67. The maximum Gasteiger partial charge on any atom is 0.319 e. The van der Waals surface area contributed by atoms with Crippen molar-refractivity contribution in [1.82, 2.24) is 14.9 Å². The molecule has 6 rings (SSSR count). The van der Waals surface area contributed by atoms with Gasteiger partial charge in [0.05, 0.1) is 30.0 Å². The number of hydrogen-bond donors (Lipinski definition) is 0. The van der Waals surface area contributed by atoms with Gasteiger partial charge in [0.1, 0.15) is 18.0 Å². The number of anilines is 2. The molecule has 1 amide bonds. The SMILES string of the molecule is [C-]#[N+]C[C@H]1CN(c2nc(O[C@H](C)COC3CC3)nc3c2CCN(c2cccc4cccc(Cl)c24)C3)CCN1C(=O)C(=C)F. The van der Waals surface area contributed by atoms with E-state index in [-0.39, 0.29) is 25.2 Å². The average molecular weight is 605 g/mol. The van der Waals surface area contributed by atoms with Crippen LogP contribution in [0.5, 0.6) is 6.01 Å². The molecule has 0 radical (unpaired) electrons. The van der Waals surface area contributed by atoms with Crippen LogP contribution in [-0.4, -0.2) is 78.4 Å². The van der Waals surface area contributed by atoms with Gasteiger partial charge in [0.25, 0.3) is 5.91 Å². The summed E-state index contributed by atoms with van der Waals surface area (Å²) in [5, 5.41) is 2.77. The third-order valence-electron chi connectivity index (χ3n) is 8.17. The molecule has 0 unspecified atom stereocenters. The van der Waals surface area contributed by atoms with Crippen LogP contribution in [0.25, 0.3) is 15.6 Å². The number of carbonyl (C=O) groups is 1. The highest BCUT2D eigenvalue weighted by atomic mass is 35.5. The zero-order valence-corrected chi connectivity index (χ0v) is 24.9. The van der Waals surface area contributed by atoms with Crippen molar-refractivity contribution in [3.05, 3.63) is 76.5 Å². The Morgan fingerprint density at radius 2 is 1.98 bits per heavy atom. The van der Waals surface area contributed by atoms with Gasteiger partial charge in [-0.3, -0.25) is 4.79 Å². The number of nitrogens with zero attached hydrogens (tertiary/aromatic N) is 6. The molecule has 2 aromatic carbocycles. The van der Waals surface area contributed by atoms with Gasteiger partial charge in [0, 0.05) is 42.8 Å². The number of amides is 1. The highest BCUT2D eigenvalue weighted by molar-refractivity contribution is 6.36. The second-order valence-corrected chi connectivity index (χ2v) is 11.8. The number of ether oxygens (including phenoxy) is 2. The Labute approximate surface area is 255 Å². The molecule has 9 nitrogen and oxygen atoms in total. The minimum absolute atomic E-state index is 0.0529. The maximum atomic E-state index is 13.8. The number of aromatic nitrogens is 2. The highest BCUT2D eigenvalue weighted by Crippen LogP contribution is 2.37. The molecule has 1 saturated heterocycles. The van der Waals surface area contributed by atoms with Gasteiger partial charge in [-0.15, -0.1) is 0 Å². The predicted molar refractivity (Wildman–Crippen MR) is 164 cm³/mol. The van der Waals surface area contributed by atoms with Crippen molar-refractivity contribution in [2.45, 2.75) is 51.0 Å². The van der Waals surface area contributed by atoms with Gasteiger partial charge in [0.15, 0.2) is 5.83 Å². The lowest BCUT2D eigenvalue weighted by molar-refractivity contribution is -0.131. The summed E-state index contributed by atoms with van der Waals surface area (Å²) in [6.07, 6.45) is 2.90. The summed E-state index contributed by atoms with van der Waals surface area (Å²) in [5.41, 5.74) is 2.90. The molecule has 2 atom stereocenters. The molecule has 43 heavy (non-hydrogen) atoms. The standard InChI is InChI=1S/C32H34ClFN6O3/c1-20(19-42-24-10-11-24)43-32-36-27-18-38(28-9-5-7-22-6-4-8-26(33)29(22)28)13-12-25(27)30(37-32)39-14-15-40(31(41)21(2)34)23(17-39)16-35-3/h4-9,20,23-24H,2,10-19H2,1H3/t20-,23+/m1/s1. The van der Waals surface area contributed by atoms with Crippen LogP contribution in [0.4, 0.5) is 15.9 Å². The lowest BCUT2D eigenvalue weighted by Crippen LogP contribution is -2.57. The minimum Gasteiger partial charge on any atom is -0.458 e. The molecular weight excluding hydrogens is 571 g/mol. The van der Waals surface area contributed by atoms with E-state index in [1.165, 1.54) is 4.90 Å². The second-order valence-electron chi connectivity index (χ2n) is 11.3. The van der Waals surface area contributed by atoms with E-state index in [9.17, 15) is 9.18 Å². The Kier molecular flexibility index (Phi) is 8.37. The Morgan fingerprint density at radius 1 is 1.19 bits per heavy atom. The number of rotatable bonds is 9. The van der Waals surface area contributed by atoms with Crippen LogP contribution in [-0.2, 0) is 22.5 Å². The molecular formula is C32H34ClFN6O3. The minimum atomic E-state index is -1.02. The van der Waals surface area contributed by atoms with Gasteiger partial charge in [-0.1, -0.05) is 42.4 Å². The first-order valence-electron chi connectivity index (χ1n) is 14.7. The van der Waals surface area contributed by atoms with Crippen molar-refractivity contribution in [3.8, 4) is 6.01 Å². The number of hydrogen-bond acceptors (Lipinski definition) is 7. The first kappa shape index (κ1) is 29.1. The van der Waals surface area contributed by atoms with E-state index in [4.69, 9.17) is 37.6 Å².